The molecule has 0 spiro atoms. The number of aromatic nitrogens is 1. The molecule has 3 heterocycles. The second-order valence-electron chi connectivity index (χ2n) is 3.97. The molecule has 0 atom stereocenters. The maximum absolute atomic E-state index is 5.46. The number of rotatable bonds is 4. The van der Waals surface area contributed by atoms with Crippen molar-refractivity contribution in [3.8, 4) is 11.5 Å². The summed E-state index contributed by atoms with van der Waals surface area (Å²) in [4.78, 5) is 5.33. The average molecular weight is 303 g/mol. The highest BCUT2D eigenvalue weighted by Crippen LogP contribution is 2.20. The standard InChI is InChI=1S/C14H13N3OS2/c1-2-15-14-17(16-8-11-5-7-19-9-11)12(10-20-14)13-4-3-6-18-13/h3-10H,2H2,1H3/b15-14?,16-8+. The molecule has 0 radical (unpaired) electrons. The summed E-state index contributed by atoms with van der Waals surface area (Å²) in [7, 11) is 0. The van der Waals surface area contributed by atoms with Crippen LogP contribution in [0, 0.1) is 0 Å². The molecule has 0 saturated heterocycles. The molecule has 0 aliphatic carbocycles. The van der Waals surface area contributed by atoms with Crippen LogP contribution in [0.25, 0.3) is 11.5 Å². The number of furan rings is 1. The molecule has 0 N–H and O–H groups in total. The molecule has 6 heteroatoms. The highest BCUT2D eigenvalue weighted by atomic mass is 32.1. The molecule has 0 fully saturated rings. The first-order chi connectivity index (χ1) is 9.88. The molecular weight excluding hydrogens is 290 g/mol. The van der Waals surface area contributed by atoms with E-state index in [1.54, 1.807) is 28.9 Å². The van der Waals surface area contributed by atoms with Gasteiger partial charge in [0.25, 0.3) is 0 Å². The topological polar surface area (TPSA) is 42.8 Å². The number of thiazole rings is 1. The molecule has 0 aliphatic rings. The monoisotopic (exact) mass is 303 g/mol. The van der Waals surface area contributed by atoms with E-state index < -0.39 is 0 Å². The van der Waals surface area contributed by atoms with Crippen LogP contribution in [-0.2, 0) is 0 Å². The van der Waals surface area contributed by atoms with Gasteiger partial charge in [0, 0.05) is 17.5 Å². The van der Waals surface area contributed by atoms with Crippen molar-refractivity contribution in [2.45, 2.75) is 6.92 Å². The van der Waals surface area contributed by atoms with Gasteiger partial charge in [0.1, 0.15) is 5.69 Å². The smallest absolute Gasteiger partial charge is 0.206 e. The third-order valence-electron chi connectivity index (χ3n) is 2.62. The fourth-order valence-corrected chi connectivity index (χ4v) is 3.21. The van der Waals surface area contributed by atoms with Crippen LogP contribution in [0.1, 0.15) is 12.5 Å². The lowest BCUT2D eigenvalue weighted by molar-refractivity contribution is 0.575. The van der Waals surface area contributed by atoms with Gasteiger partial charge in [-0.2, -0.15) is 16.4 Å². The molecular formula is C14H13N3OS2. The highest BCUT2D eigenvalue weighted by Gasteiger charge is 2.09. The van der Waals surface area contributed by atoms with Gasteiger partial charge in [-0.1, -0.05) is 0 Å². The Balaban J connectivity index is 2.07. The van der Waals surface area contributed by atoms with Crippen LogP contribution >= 0.6 is 22.7 Å². The summed E-state index contributed by atoms with van der Waals surface area (Å²) in [6.45, 7) is 2.74. The van der Waals surface area contributed by atoms with Crippen molar-refractivity contribution < 1.29 is 4.42 Å². The van der Waals surface area contributed by atoms with E-state index in [4.69, 9.17) is 4.42 Å². The number of hydrogen-bond donors (Lipinski definition) is 0. The Morgan fingerprint density at radius 1 is 1.35 bits per heavy atom. The summed E-state index contributed by atoms with van der Waals surface area (Å²) in [6.07, 6.45) is 3.50. The zero-order chi connectivity index (χ0) is 13.8. The van der Waals surface area contributed by atoms with Crippen molar-refractivity contribution in [1.29, 1.82) is 0 Å². The first-order valence-electron chi connectivity index (χ1n) is 6.20. The Hall–Kier alpha value is -1.92. The van der Waals surface area contributed by atoms with Crippen LogP contribution in [0.3, 0.4) is 0 Å². The molecule has 0 bridgehead atoms. The van der Waals surface area contributed by atoms with Crippen LogP contribution in [0.2, 0.25) is 0 Å². The minimum Gasteiger partial charge on any atom is -0.463 e. The molecule has 0 unspecified atom stereocenters. The van der Waals surface area contributed by atoms with Crippen molar-refractivity contribution in [2.24, 2.45) is 10.1 Å². The van der Waals surface area contributed by atoms with E-state index in [1.165, 1.54) is 0 Å². The van der Waals surface area contributed by atoms with E-state index in [9.17, 15) is 0 Å². The quantitative estimate of drug-likeness (QED) is 0.678. The molecule has 0 aliphatic heterocycles. The van der Waals surface area contributed by atoms with Crippen LogP contribution < -0.4 is 4.80 Å². The van der Waals surface area contributed by atoms with Crippen molar-refractivity contribution in [2.75, 3.05) is 6.54 Å². The van der Waals surface area contributed by atoms with E-state index >= 15 is 0 Å². The van der Waals surface area contributed by atoms with Gasteiger partial charge >= 0.3 is 0 Å². The maximum atomic E-state index is 5.46. The molecule has 3 rings (SSSR count). The first kappa shape index (κ1) is 13.1. The van der Waals surface area contributed by atoms with E-state index in [1.807, 2.05) is 46.8 Å². The second-order valence-corrected chi connectivity index (χ2v) is 5.58. The fourth-order valence-electron chi connectivity index (χ4n) is 1.72. The Morgan fingerprint density at radius 3 is 3.00 bits per heavy atom. The summed E-state index contributed by atoms with van der Waals surface area (Å²) in [5.41, 5.74) is 2.00. The minimum atomic E-state index is 0.728. The lowest BCUT2D eigenvalue weighted by atomic mass is 10.4. The largest absolute Gasteiger partial charge is 0.463 e. The van der Waals surface area contributed by atoms with E-state index in [0.29, 0.717) is 0 Å². The van der Waals surface area contributed by atoms with Crippen LogP contribution in [-0.4, -0.2) is 17.4 Å². The summed E-state index contributed by atoms with van der Waals surface area (Å²) >= 11 is 3.21. The molecule has 20 heavy (non-hydrogen) atoms. The zero-order valence-corrected chi connectivity index (χ0v) is 12.5. The normalized spacial score (nSPS) is 12.6. The van der Waals surface area contributed by atoms with Crippen LogP contribution in [0.4, 0.5) is 0 Å². The molecule has 0 saturated carbocycles. The van der Waals surface area contributed by atoms with Crippen molar-refractivity contribution in [3.05, 3.63) is 51.0 Å². The average Bonchev–Trinajstić information content (AvgIpc) is 3.19. The van der Waals surface area contributed by atoms with Gasteiger partial charge in [-0.25, -0.2) is 4.68 Å². The Labute approximate surface area is 124 Å². The fraction of sp³-hybridized carbons (Fsp3) is 0.143. The zero-order valence-electron chi connectivity index (χ0n) is 10.9. The van der Waals surface area contributed by atoms with E-state index in [0.717, 1.165) is 28.4 Å². The second kappa shape index (κ2) is 6.02. The molecule has 3 aromatic heterocycles. The lowest BCUT2D eigenvalue weighted by Crippen LogP contribution is -2.12. The van der Waals surface area contributed by atoms with Crippen molar-refractivity contribution in [1.82, 2.24) is 4.68 Å². The number of nitrogens with zero attached hydrogens (tertiary/aromatic N) is 3. The molecule has 4 nitrogen and oxygen atoms in total. The highest BCUT2D eigenvalue weighted by molar-refractivity contribution is 7.08. The molecule has 3 aromatic rings. The van der Waals surface area contributed by atoms with Gasteiger partial charge in [0.15, 0.2) is 5.76 Å². The lowest BCUT2D eigenvalue weighted by Gasteiger charge is -1.99. The van der Waals surface area contributed by atoms with Gasteiger partial charge in [-0.3, -0.25) is 4.99 Å². The molecule has 0 aromatic carbocycles. The maximum Gasteiger partial charge on any atom is 0.206 e. The van der Waals surface area contributed by atoms with Crippen LogP contribution in [0.5, 0.6) is 0 Å². The number of thiophene rings is 1. The number of hydrogen-bond acceptors (Lipinski definition) is 5. The van der Waals surface area contributed by atoms with Gasteiger partial charge in [-0.15, -0.1) is 11.3 Å². The summed E-state index contributed by atoms with van der Waals surface area (Å²) in [6, 6.07) is 5.83. The first-order valence-corrected chi connectivity index (χ1v) is 8.02. The van der Waals surface area contributed by atoms with Crippen molar-refractivity contribution in [3.63, 3.8) is 0 Å². The third-order valence-corrected chi connectivity index (χ3v) is 4.17. The Kier molecular flexibility index (Phi) is 3.94. The predicted molar refractivity (Wildman–Crippen MR) is 83.4 cm³/mol. The predicted octanol–water partition coefficient (Wildman–Crippen LogP) is 3.67. The van der Waals surface area contributed by atoms with Gasteiger partial charge < -0.3 is 4.42 Å². The summed E-state index contributed by atoms with van der Waals surface area (Å²) in [5.74, 6) is 0.793. The Morgan fingerprint density at radius 2 is 2.30 bits per heavy atom. The molecule has 102 valence electrons. The minimum absolute atomic E-state index is 0.728. The molecule has 0 amide bonds. The Bertz CT molecular complexity index is 749. The van der Waals surface area contributed by atoms with Crippen LogP contribution in [0.15, 0.2) is 55.1 Å². The van der Waals surface area contributed by atoms with E-state index in [-0.39, 0.29) is 0 Å². The third kappa shape index (κ3) is 2.66. The SMILES string of the molecule is CCN=c1scc(-c2ccco2)n1/N=C/c1ccsc1. The summed E-state index contributed by atoms with van der Waals surface area (Å²) in [5, 5.41) is 10.6. The van der Waals surface area contributed by atoms with Gasteiger partial charge in [-0.05, 0) is 35.9 Å². The van der Waals surface area contributed by atoms with E-state index in [2.05, 4.69) is 15.5 Å². The van der Waals surface area contributed by atoms with Crippen molar-refractivity contribution >= 4 is 28.9 Å². The van der Waals surface area contributed by atoms with Gasteiger partial charge in [0.2, 0.25) is 4.80 Å². The van der Waals surface area contributed by atoms with Gasteiger partial charge in [0.05, 0.1) is 12.5 Å². The summed E-state index contributed by atoms with van der Waals surface area (Å²) < 4.78 is 7.29.